The normalized spacial score (nSPS) is 11.8. The number of carbonyl (C=O) groups is 2. The molecular weight excluding hydrogens is 282 g/mol. The van der Waals surface area contributed by atoms with Gasteiger partial charge in [0.25, 0.3) is 0 Å². The summed E-state index contributed by atoms with van der Waals surface area (Å²) in [4.78, 5) is 23.7. The van der Waals surface area contributed by atoms with E-state index in [0.717, 1.165) is 18.2 Å². The lowest BCUT2D eigenvalue weighted by atomic mass is 9.99. The van der Waals surface area contributed by atoms with Gasteiger partial charge in [-0.15, -0.1) is 0 Å². The van der Waals surface area contributed by atoms with E-state index >= 15 is 0 Å². The minimum atomic E-state index is -1.22. The second-order valence-electron chi connectivity index (χ2n) is 4.45. The predicted molar refractivity (Wildman–Crippen MR) is 71.4 cm³/mol. The van der Waals surface area contributed by atoms with Gasteiger partial charge in [0.05, 0.1) is 13.2 Å². The molecule has 1 unspecified atom stereocenters. The summed E-state index contributed by atoms with van der Waals surface area (Å²) >= 11 is 0. The van der Waals surface area contributed by atoms with Crippen LogP contribution in [0.25, 0.3) is 0 Å². The van der Waals surface area contributed by atoms with Crippen LogP contribution >= 0.6 is 0 Å². The highest BCUT2D eigenvalue weighted by molar-refractivity contribution is 5.95. The Morgan fingerprint density at radius 1 is 1.05 bits per heavy atom. The Morgan fingerprint density at radius 2 is 1.62 bits per heavy atom. The van der Waals surface area contributed by atoms with Crippen LogP contribution in [0.3, 0.4) is 0 Å². The van der Waals surface area contributed by atoms with Crippen molar-refractivity contribution in [2.45, 2.75) is 26.7 Å². The molecule has 1 rings (SSSR count). The standard InChI is InChI=1S/C15H18F2O4/c1-3-5-21-15(19)13(14(18)20-4-2)8-10-6-11(16)9-12(17)7-10/h6-7,9,13H,3-5,8H2,1-2H3. The maximum Gasteiger partial charge on any atom is 0.320 e. The van der Waals surface area contributed by atoms with E-state index in [1.54, 1.807) is 6.92 Å². The second kappa shape index (κ2) is 8.34. The highest BCUT2D eigenvalue weighted by Gasteiger charge is 2.30. The third-order valence-corrected chi connectivity index (χ3v) is 2.67. The maximum absolute atomic E-state index is 13.2. The monoisotopic (exact) mass is 300 g/mol. The van der Waals surface area contributed by atoms with E-state index in [0.29, 0.717) is 6.42 Å². The molecule has 0 spiro atoms. The number of rotatable bonds is 7. The summed E-state index contributed by atoms with van der Waals surface area (Å²) < 4.78 is 36.1. The highest BCUT2D eigenvalue weighted by Crippen LogP contribution is 2.16. The number of carbonyl (C=O) groups excluding carboxylic acids is 2. The van der Waals surface area contributed by atoms with Crippen molar-refractivity contribution < 1.29 is 27.8 Å². The molecule has 0 radical (unpaired) electrons. The molecule has 0 bridgehead atoms. The van der Waals surface area contributed by atoms with E-state index in [1.165, 1.54) is 0 Å². The molecule has 0 aliphatic heterocycles. The Hall–Kier alpha value is -1.98. The second-order valence-corrected chi connectivity index (χ2v) is 4.45. The lowest BCUT2D eigenvalue weighted by Gasteiger charge is -2.15. The highest BCUT2D eigenvalue weighted by atomic mass is 19.1. The van der Waals surface area contributed by atoms with Gasteiger partial charge in [-0.25, -0.2) is 8.78 Å². The zero-order valence-electron chi connectivity index (χ0n) is 12.0. The van der Waals surface area contributed by atoms with Gasteiger partial charge in [-0.2, -0.15) is 0 Å². The van der Waals surface area contributed by atoms with Crippen molar-refractivity contribution in [3.63, 3.8) is 0 Å². The van der Waals surface area contributed by atoms with Crippen molar-refractivity contribution >= 4 is 11.9 Å². The SMILES string of the molecule is CCCOC(=O)C(Cc1cc(F)cc(F)c1)C(=O)OCC. The average molecular weight is 300 g/mol. The molecule has 0 saturated carbocycles. The summed E-state index contributed by atoms with van der Waals surface area (Å²) in [6.07, 6.45) is 0.436. The Labute approximate surface area is 122 Å². The fourth-order valence-electron chi connectivity index (χ4n) is 1.77. The molecule has 21 heavy (non-hydrogen) atoms. The third kappa shape index (κ3) is 5.49. The largest absolute Gasteiger partial charge is 0.465 e. The molecule has 0 N–H and O–H groups in total. The van der Waals surface area contributed by atoms with Gasteiger partial charge in [0.1, 0.15) is 11.6 Å². The zero-order chi connectivity index (χ0) is 15.8. The fraction of sp³-hybridized carbons (Fsp3) is 0.467. The summed E-state index contributed by atoms with van der Waals surface area (Å²) in [5.41, 5.74) is 0.194. The summed E-state index contributed by atoms with van der Waals surface area (Å²) in [6.45, 7) is 3.70. The van der Waals surface area contributed by atoms with Crippen LogP contribution < -0.4 is 0 Å². The van der Waals surface area contributed by atoms with Gasteiger partial charge in [-0.3, -0.25) is 9.59 Å². The van der Waals surface area contributed by atoms with E-state index in [1.807, 2.05) is 6.92 Å². The minimum Gasteiger partial charge on any atom is -0.465 e. The number of benzene rings is 1. The van der Waals surface area contributed by atoms with Crippen LogP contribution in [0.15, 0.2) is 18.2 Å². The molecule has 0 saturated heterocycles. The van der Waals surface area contributed by atoms with E-state index in [2.05, 4.69) is 0 Å². The van der Waals surface area contributed by atoms with Crippen LogP contribution in [0.1, 0.15) is 25.8 Å². The topological polar surface area (TPSA) is 52.6 Å². The molecule has 0 fully saturated rings. The van der Waals surface area contributed by atoms with Crippen LogP contribution in [-0.4, -0.2) is 25.2 Å². The van der Waals surface area contributed by atoms with Gasteiger partial charge in [0.15, 0.2) is 5.92 Å². The predicted octanol–water partition coefficient (Wildman–Crippen LogP) is 2.64. The number of esters is 2. The molecule has 0 aliphatic carbocycles. The van der Waals surface area contributed by atoms with Crippen LogP contribution in [0.5, 0.6) is 0 Å². The van der Waals surface area contributed by atoms with E-state index in [9.17, 15) is 18.4 Å². The first-order chi connectivity index (χ1) is 9.97. The number of halogens is 2. The zero-order valence-corrected chi connectivity index (χ0v) is 12.0. The summed E-state index contributed by atoms with van der Waals surface area (Å²) in [5, 5.41) is 0. The first-order valence-corrected chi connectivity index (χ1v) is 6.76. The van der Waals surface area contributed by atoms with Crippen molar-refractivity contribution in [3.05, 3.63) is 35.4 Å². The molecule has 1 aromatic rings. The molecule has 0 aromatic heterocycles. The van der Waals surface area contributed by atoms with Gasteiger partial charge in [0, 0.05) is 6.07 Å². The summed E-state index contributed by atoms with van der Waals surface area (Å²) in [7, 11) is 0. The molecule has 1 atom stereocenters. The van der Waals surface area contributed by atoms with Crippen LogP contribution in [0.4, 0.5) is 8.78 Å². The van der Waals surface area contributed by atoms with Gasteiger partial charge in [-0.1, -0.05) is 6.92 Å². The molecule has 0 heterocycles. The molecule has 0 amide bonds. The smallest absolute Gasteiger partial charge is 0.320 e. The Morgan fingerprint density at radius 3 is 2.14 bits per heavy atom. The minimum absolute atomic E-state index is 0.105. The molecule has 6 heteroatoms. The quantitative estimate of drug-likeness (QED) is 0.574. The van der Waals surface area contributed by atoms with Crippen molar-refractivity contribution in [3.8, 4) is 0 Å². The van der Waals surface area contributed by atoms with Crippen molar-refractivity contribution in [1.29, 1.82) is 0 Å². The van der Waals surface area contributed by atoms with Crippen molar-refractivity contribution in [2.24, 2.45) is 5.92 Å². The number of ether oxygens (including phenoxy) is 2. The molecule has 1 aromatic carbocycles. The van der Waals surface area contributed by atoms with E-state index in [-0.39, 0.29) is 25.2 Å². The first-order valence-electron chi connectivity index (χ1n) is 6.76. The van der Waals surface area contributed by atoms with Crippen LogP contribution in [0.2, 0.25) is 0 Å². The van der Waals surface area contributed by atoms with Crippen LogP contribution in [0, 0.1) is 17.6 Å². The molecular formula is C15H18F2O4. The number of hydrogen-bond donors (Lipinski definition) is 0. The van der Waals surface area contributed by atoms with Gasteiger partial charge < -0.3 is 9.47 Å². The molecule has 116 valence electrons. The lowest BCUT2D eigenvalue weighted by Crippen LogP contribution is -2.30. The Bertz CT molecular complexity index is 482. The van der Waals surface area contributed by atoms with Gasteiger partial charge in [0.2, 0.25) is 0 Å². The van der Waals surface area contributed by atoms with Crippen molar-refractivity contribution in [1.82, 2.24) is 0 Å². The molecule has 0 aliphatic rings. The average Bonchev–Trinajstić information content (AvgIpc) is 2.41. The maximum atomic E-state index is 13.2. The van der Waals surface area contributed by atoms with Crippen LogP contribution in [-0.2, 0) is 25.5 Å². The first kappa shape index (κ1) is 17.1. The number of hydrogen-bond acceptors (Lipinski definition) is 4. The van der Waals surface area contributed by atoms with Gasteiger partial charge >= 0.3 is 11.9 Å². The fourth-order valence-corrected chi connectivity index (χ4v) is 1.77. The third-order valence-electron chi connectivity index (χ3n) is 2.67. The van der Waals surface area contributed by atoms with Crippen molar-refractivity contribution in [2.75, 3.05) is 13.2 Å². The Kier molecular flexibility index (Phi) is 6.78. The summed E-state index contributed by atoms with van der Waals surface area (Å²) in [5.74, 6) is -4.27. The molecule has 4 nitrogen and oxygen atoms in total. The van der Waals surface area contributed by atoms with Gasteiger partial charge in [-0.05, 0) is 37.5 Å². The Balaban J connectivity index is 2.90. The lowest BCUT2D eigenvalue weighted by molar-refractivity contribution is -0.161. The summed E-state index contributed by atoms with van der Waals surface area (Å²) in [6, 6.07) is 2.86. The van der Waals surface area contributed by atoms with E-state index in [4.69, 9.17) is 9.47 Å². The van der Waals surface area contributed by atoms with E-state index < -0.39 is 29.5 Å².